The average Bonchev–Trinajstić information content (AvgIpc) is 1.56. The van der Waals surface area contributed by atoms with Gasteiger partial charge in [0.2, 0.25) is 0 Å². The minimum atomic E-state index is -5.53. The molecule has 0 aromatic carbocycles. The van der Waals surface area contributed by atoms with Gasteiger partial charge in [0.05, 0.1) is 0 Å². The molecule has 3 nitrogen and oxygen atoms in total. The van der Waals surface area contributed by atoms with Crippen molar-refractivity contribution < 1.29 is 36.9 Å². The van der Waals surface area contributed by atoms with Crippen molar-refractivity contribution in [3.05, 3.63) is 0 Å². The summed E-state index contributed by atoms with van der Waals surface area (Å²) in [7, 11) is 0. The van der Waals surface area contributed by atoms with Crippen LogP contribution in [0.25, 0.3) is 0 Å². The summed E-state index contributed by atoms with van der Waals surface area (Å²) in [6.07, 6.45) is -11.0. The Hall–Kier alpha value is -0.470. The van der Waals surface area contributed by atoms with Gasteiger partial charge >= 0.3 is 18.8 Å². The molecule has 0 aliphatic carbocycles. The topological polar surface area (TPSA) is 49.7 Å². The number of alkyl halides is 5. The van der Waals surface area contributed by atoms with Crippen molar-refractivity contribution in [2.24, 2.45) is 0 Å². The second-order valence-electron chi connectivity index (χ2n) is 1.47. The zero-order valence-corrected chi connectivity index (χ0v) is 4.77. The number of rotatable bonds is 3. The monoisotopic (exact) mass is 182 g/mol. The van der Waals surface area contributed by atoms with Gasteiger partial charge in [-0.25, -0.2) is 0 Å². The highest BCUT2D eigenvalue weighted by molar-refractivity contribution is 4.62. The van der Waals surface area contributed by atoms with E-state index in [1.165, 1.54) is 0 Å². The van der Waals surface area contributed by atoms with E-state index in [0.29, 0.717) is 0 Å². The molecule has 0 aliphatic heterocycles. The van der Waals surface area contributed by atoms with Gasteiger partial charge in [-0.15, -0.1) is 0 Å². The van der Waals surface area contributed by atoms with Crippen LogP contribution in [0, 0.1) is 0 Å². The van der Waals surface area contributed by atoms with Crippen molar-refractivity contribution in [1.29, 1.82) is 0 Å². The molecule has 0 spiro atoms. The number of hydrogen-bond acceptors (Lipinski definition) is 3. The zero-order chi connectivity index (χ0) is 9.28. The van der Waals surface area contributed by atoms with Crippen molar-refractivity contribution in [1.82, 2.24) is 0 Å². The van der Waals surface area contributed by atoms with E-state index in [9.17, 15) is 22.0 Å². The van der Waals surface area contributed by atoms with Crippen LogP contribution in [-0.2, 0) is 4.74 Å². The summed E-state index contributed by atoms with van der Waals surface area (Å²) < 4.78 is 59.1. The predicted molar refractivity (Wildman–Crippen MR) is 20.3 cm³/mol. The van der Waals surface area contributed by atoms with Crippen LogP contribution in [0.2, 0.25) is 0 Å². The van der Waals surface area contributed by atoms with E-state index < -0.39 is 18.8 Å². The Bertz CT molecular complexity index is 129. The zero-order valence-electron chi connectivity index (χ0n) is 4.77. The van der Waals surface area contributed by atoms with E-state index in [0.717, 1.165) is 0 Å². The van der Waals surface area contributed by atoms with Gasteiger partial charge in [0, 0.05) is 0 Å². The summed E-state index contributed by atoms with van der Waals surface area (Å²) in [5.41, 5.74) is 0. The van der Waals surface area contributed by atoms with Gasteiger partial charge in [0.1, 0.15) is 0 Å². The molecule has 0 saturated carbocycles. The summed E-state index contributed by atoms with van der Waals surface area (Å²) in [6, 6.07) is 0. The molecule has 0 aromatic heterocycles. The molecular weight excluding hydrogens is 179 g/mol. The number of hydrogen-bond donors (Lipinski definition) is 2. The van der Waals surface area contributed by atoms with E-state index in [2.05, 4.69) is 4.74 Å². The first-order valence-corrected chi connectivity index (χ1v) is 2.15. The molecule has 0 heterocycles. The highest BCUT2D eigenvalue weighted by Crippen LogP contribution is 2.33. The van der Waals surface area contributed by atoms with Crippen LogP contribution in [0.15, 0.2) is 0 Å². The third-order valence-corrected chi connectivity index (χ3v) is 0.595. The van der Waals surface area contributed by atoms with Crippen molar-refractivity contribution in [2.45, 2.75) is 18.8 Å². The molecule has 0 amide bonds. The second kappa shape index (κ2) is 2.88. The van der Waals surface area contributed by atoms with Crippen LogP contribution in [-0.4, -0.2) is 29.0 Å². The van der Waals surface area contributed by atoms with Crippen LogP contribution in [0.1, 0.15) is 0 Å². The highest BCUT2D eigenvalue weighted by atomic mass is 19.3. The first-order chi connectivity index (χ1) is 4.67. The molecule has 0 aromatic rings. The van der Waals surface area contributed by atoms with Gasteiger partial charge in [-0.1, -0.05) is 0 Å². The fourth-order valence-corrected chi connectivity index (χ4v) is 0.193. The first-order valence-electron chi connectivity index (χ1n) is 2.15. The summed E-state index contributed by atoms with van der Waals surface area (Å²) in [4.78, 5) is 0. The van der Waals surface area contributed by atoms with E-state index in [-0.39, 0.29) is 0 Å². The van der Waals surface area contributed by atoms with Gasteiger partial charge in [0.25, 0.3) is 0 Å². The van der Waals surface area contributed by atoms with Gasteiger partial charge in [-0.2, -0.15) is 22.0 Å². The van der Waals surface area contributed by atoms with E-state index in [1.807, 2.05) is 0 Å². The molecule has 11 heavy (non-hydrogen) atoms. The normalized spacial score (nSPS) is 16.6. The van der Waals surface area contributed by atoms with E-state index in [1.54, 1.807) is 0 Å². The molecular formula is C3H3F5O3. The Balaban J connectivity index is 4.22. The molecule has 0 bridgehead atoms. The molecule has 0 aliphatic rings. The Morgan fingerprint density at radius 3 is 1.64 bits per heavy atom. The number of halogens is 5. The van der Waals surface area contributed by atoms with Crippen molar-refractivity contribution in [3.8, 4) is 0 Å². The first kappa shape index (κ1) is 10.5. The lowest BCUT2D eigenvalue weighted by molar-refractivity contribution is -0.456. The lowest BCUT2D eigenvalue weighted by Gasteiger charge is -2.20. The van der Waals surface area contributed by atoms with Crippen LogP contribution in [0.3, 0.4) is 0 Å². The fraction of sp³-hybridized carbons (Fsp3) is 1.00. The maximum absolute atomic E-state index is 11.6. The molecule has 1 unspecified atom stereocenters. The molecule has 0 radical (unpaired) electrons. The minimum absolute atomic E-state index is 2.36. The molecule has 0 saturated heterocycles. The van der Waals surface area contributed by atoms with Gasteiger partial charge in [-0.05, 0) is 0 Å². The molecule has 0 fully saturated rings. The van der Waals surface area contributed by atoms with Crippen molar-refractivity contribution in [3.63, 3.8) is 0 Å². The smallest absolute Gasteiger partial charge is 0.342 e. The van der Waals surface area contributed by atoms with Gasteiger partial charge < -0.3 is 10.2 Å². The lowest BCUT2D eigenvalue weighted by atomic mass is 10.6. The summed E-state index contributed by atoms with van der Waals surface area (Å²) in [5, 5.41) is 14.7. The SMILES string of the molecule is OC(F)OC(F)(F)C(O)(F)F. The Labute approximate surface area is 57.0 Å². The third kappa shape index (κ3) is 2.95. The Morgan fingerprint density at radius 2 is 1.55 bits per heavy atom. The summed E-state index contributed by atoms with van der Waals surface area (Å²) in [6.45, 7) is -3.58. The van der Waals surface area contributed by atoms with Crippen molar-refractivity contribution in [2.75, 3.05) is 0 Å². The van der Waals surface area contributed by atoms with Gasteiger partial charge in [-0.3, -0.25) is 4.74 Å². The van der Waals surface area contributed by atoms with Crippen LogP contribution in [0.4, 0.5) is 22.0 Å². The third-order valence-electron chi connectivity index (χ3n) is 0.595. The quantitative estimate of drug-likeness (QED) is 0.491. The Kier molecular flexibility index (Phi) is 2.75. The molecule has 1 atom stereocenters. The fourth-order valence-electron chi connectivity index (χ4n) is 0.193. The predicted octanol–water partition coefficient (Wildman–Crippen LogP) is 0.426. The van der Waals surface area contributed by atoms with E-state index in [4.69, 9.17) is 10.2 Å². The standard InChI is InChI=1S/C3H3F5O3/c4-1(9)11-3(7,8)2(5,6)10/h1,9-10H. The molecule has 8 heteroatoms. The largest absolute Gasteiger partial charge is 0.452 e. The maximum atomic E-state index is 11.6. The van der Waals surface area contributed by atoms with Crippen LogP contribution < -0.4 is 0 Å². The number of aliphatic hydroxyl groups excluding tert-OH is 1. The highest BCUT2D eigenvalue weighted by Gasteiger charge is 2.58. The second-order valence-corrected chi connectivity index (χ2v) is 1.47. The molecule has 0 rings (SSSR count). The maximum Gasteiger partial charge on any atom is 0.452 e. The average molecular weight is 182 g/mol. The molecule has 68 valence electrons. The van der Waals surface area contributed by atoms with Crippen LogP contribution >= 0.6 is 0 Å². The lowest BCUT2D eigenvalue weighted by Crippen LogP contribution is -2.44. The van der Waals surface area contributed by atoms with Crippen LogP contribution in [0.5, 0.6) is 0 Å². The minimum Gasteiger partial charge on any atom is -0.342 e. The van der Waals surface area contributed by atoms with Gasteiger partial charge in [0.15, 0.2) is 0 Å². The number of ether oxygens (including phenoxy) is 1. The van der Waals surface area contributed by atoms with Crippen molar-refractivity contribution >= 4 is 0 Å². The Morgan fingerprint density at radius 1 is 1.18 bits per heavy atom. The molecule has 2 N–H and O–H groups in total. The number of aliphatic hydroxyl groups is 2. The summed E-state index contributed by atoms with van der Waals surface area (Å²) >= 11 is 0. The van der Waals surface area contributed by atoms with E-state index >= 15 is 0 Å². The summed E-state index contributed by atoms with van der Waals surface area (Å²) in [5.74, 6) is 0.